The highest BCUT2D eigenvalue weighted by molar-refractivity contribution is 7.91. The summed E-state index contributed by atoms with van der Waals surface area (Å²) in [6.07, 6.45) is 1.21. The highest BCUT2D eigenvalue weighted by Crippen LogP contribution is 2.51. The Hall–Kier alpha value is -2.09. The van der Waals surface area contributed by atoms with Crippen molar-refractivity contribution in [3.8, 4) is 0 Å². The second-order valence-corrected chi connectivity index (χ2v) is 13.9. The molecule has 6 nitrogen and oxygen atoms in total. The second-order valence-electron chi connectivity index (χ2n) is 10.9. The van der Waals surface area contributed by atoms with E-state index in [-0.39, 0.29) is 24.2 Å². The normalized spacial score (nSPS) is 24.6. The number of hydrogen-bond acceptors (Lipinski definition) is 4. The number of benzene rings is 2. The monoisotopic (exact) mass is 553 g/mol. The topological polar surface area (TPSA) is 101 Å². The molecule has 0 spiro atoms. The van der Waals surface area contributed by atoms with E-state index in [1.54, 1.807) is 37.3 Å². The van der Waals surface area contributed by atoms with Crippen LogP contribution >= 0.6 is 23.2 Å². The van der Waals surface area contributed by atoms with Crippen LogP contribution in [-0.4, -0.2) is 37.7 Å². The molecule has 3 rings (SSSR count). The van der Waals surface area contributed by atoms with Crippen molar-refractivity contribution in [2.75, 3.05) is 6.26 Å². The number of carbonyl (C=O) groups excluding carboxylic acids is 1. The summed E-state index contributed by atoms with van der Waals surface area (Å²) < 4.78 is 26.3. The number of halogens is 2. The molecule has 0 saturated carbocycles. The van der Waals surface area contributed by atoms with Crippen LogP contribution in [-0.2, 0) is 19.4 Å². The third-order valence-corrected chi connectivity index (χ3v) is 9.98. The van der Waals surface area contributed by atoms with Crippen molar-refractivity contribution in [3.05, 3.63) is 69.7 Å². The number of sulfone groups is 1. The fourth-order valence-corrected chi connectivity index (χ4v) is 8.02. The molecule has 1 heterocycles. The quantitative estimate of drug-likeness (QED) is 0.424. The summed E-state index contributed by atoms with van der Waals surface area (Å²) >= 11 is 12.4. The summed E-state index contributed by atoms with van der Waals surface area (Å²) in [7, 11) is -3.57. The van der Waals surface area contributed by atoms with Gasteiger partial charge in [0.25, 0.3) is 0 Å². The van der Waals surface area contributed by atoms with Crippen LogP contribution < -0.4 is 5.32 Å². The van der Waals surface area contributed by atoms with E-state index in [1.165, 1.54) is 6.26 Å². The number of hydrogen-bond donors (Lipinski definition) is 2. The lowest BCUT2D eigenvalue weighted by Gasteiger charge is -2.49. The lowest BCUT2D eigenvalue weighted by molar-refractivity contribution is -0.148. The first-order valence-corrected chi connectivity index (χ1v) is 14.5. The van der Waals surface area contributed by atoms with Crippen molar-refractivity contribution in [2.45, 2.75) is 57.7 Å². The molecule has 9 heteroatoms. The maximum atomic E-state index is 13.3. The van der Waals surface area contributed by atoms with Gasteiger partial charge < -0.3 is 10.4 Å². The smallest absolute Gasteiger partial charge is 0.304 e. The van der Waals surface area contributed by atoms with Gasteiger partial charge in [0.2, 0.25) is 5.91 Å². The fraction of sp³-hybridized carbons (Fsp3) is 0.481. The van der Waals surface area contributed by atoms with Crippen LogP contribution in [0.2, 0.25) is 10.0 Å². The maximum Gasteiger partial charge on any atom is 0.304 e. The van der Waals surface area contributed by atoms with Crippen LogP contribution in [0.3, 0.4) is 0 Å². The van der Waals surface area contributed by atoms with Crippen molar-refractivity contribution in [3.63, 3.8) is 0 Å². The highest BCUT2D eigenvalue weighted by Gasteiger charge is 2.52. The van der Waals surface area contributed by atoms with Crippen molar-refractivity contribution >= 4 is 44.9 Å². The Kier molecular flexibility index (Phi) is 8.19. The Labute approximate surface area is 223 Å². The first kappa shape index (κ1) is 28.5. The summed E-state index contributed by atoms with van der Waals surface area (Å²) in [4.78, 5) is 24.9. The van der Waals surface area contributed by atoms with Gasteiger partial charge in [-0.15, -0.1) is 0 Å². The van der Waals surface area contributed by atoms with E-state index in [9.17, 15) is 23.1 Å². The molecule has 196 valence electrons. The highest BCUT2D eigenvalue weighted by atomic mass is 35.5. The van der Waals surface area contributed by atoms with E-state index < -0.39 is 37.9 Å². The number of aliphatic carboxylic acids is 1. The van der Waals surface area contributed by atoms with Gasteiger partial charge in [-0.25, -0.2) is 8.42 Å². The molecule has 1 saturated heterocycles. The van der Waals surface area contributed by atoms with Gasteiger partial charge >= 0.3 is 5.97 Å². The van der Waals surface area contributed by atoms with Crippen LogP contribution in [0.15, 0.2) is 48.5 Å². The van der Waals surface area contributed by atoms with Gasteiger partial charge in [-0.2, -0.15) is 0 Å². The van der Waals surface area contributed by atoms with Crippen LogP contribution in [0, 0.1) is 16.7 Å². The van der Waals surface area contributed by atoms with Gasteiger partial charge in [-0.05, 0) is 53.1 Å². The SMILES string of the molecule is CC([C@@H]1NC(=O)[C@](C)(CC(=O)O)C[C@@H]1c1cccc(Cl)c1)C(C)(C)[C@@H](c1ccc(Cl)cc1)S(C)(=O)=O. The summed E-state index contributed by atoms with van der Waals surface area (Å²) in [6, 6.07) is 13.6. The first-order valence-electron chi connectivity index (χ1n) is 11.8. The number of piperidine rings is 1. The molecule has 1 fully saturated rings. The molecule has 2 N–H and O–H groups in total. The zero-order valence-electron chi connectivity index (χ0n) is 21.1. The molecule has 5 atom stereocenters. The standard InChI is InChI=1S/C27H33Cl2NO5S/c1-16(26(2,3)24(36(5,34)35)17-9-11-19(28)12-10-17)23-21(18-7-6-8-20(29)13-18)14-27(4,15-22(31)32)25(33)30-23/h6-13,16,21,23-24H,14-15H2,1-5H3,(H,30,33)(H,31,32)/t16?,21-,23+,24-,27+/m1/s1. The fourth-order valence-electron chi connectivity index (χ4n) is 5.72. The van der Waals surface area contributed by atoms with Gasteiger partial charge in [0, 0.05) is 28.3 Å². The number of nitrogens with one attached hydrogen (secondary N) is 1. The Bertz CT molecular complexity index is 1250. The predicted molar refractivity (Wildman–Crippen MR) is 143 cm³/mol. The van der Waals surface area contributed by atoms with Gasteiger partial charge in [0.05, 0.1) is 17.1 Å². The lowest BCUT2D eigenvalue weighted by atomic mass is 9.62. The Morgan fingerprint density at radius 2 is 1.78 bits per heavy atom. The van der Waals surface area contributed by atoms with Crippen molar-refractivity contribution in [1.82, 2.24) is 5.32 Å². The average molecular weight is 555 g/mol. The largest absolute Gasteiger partial charge is 0.481 e. The molecule has 1 aliphatic heterocycles. The van der Waals surface area contributed by atoms with Crippen molar-refractivity contribution < 1.29 is 23.1 Å². The van der Waals surface area contributed by atoms with E-state index in [0.717, 1.165) is 5.56 Å². The minimum absolute atomic E-state index is 0.273. The van der Waals surface area contributed by atoms with E-state index in [4.69, 9.17) is 23.2 Å². The van der Waals surface area contributed by atoms with Crippen LogP contribution in [0.5, 0.6) is 0 Å². The van der Waals surface area contributed by atoms with E-state index in [0.29, 0.717) is 22.0 Å². The summed E-state index contributed by atoms with van der Waals surface area (Å²) in [5, 5.41) is 12.8. The lowest BCUT2D eigenvalue weighted by Crippen LogP contribution is -2.58. The Morgan fingerprint density at radius 1 is 1.17 bits per heavy atom. The molecule has 0 aliphatic carbocycles. The second kappa shape index (κ2) is 10.3. The van der Waals surface area contributed by atoms with Gasteiger partial charge in [0.15, 0.2) is 9.84 Å². The van der Waals surface area contributed by atoms with Crippen LogP contribution in [0.4, 0.5) is 0 Å². The first-order chi connectivity index (χ1) is 16.6. The average Bonchev–Trinajstić information content (AvgIpc) is 2.75. The molecule has 1 unspecified atom stereocenters. The number of rotatable bonds is 8. The zero-order chi connectivity index (χ0) is 27.1. The minimum Gasteiger partial charge on any atom is -0.481 e. The zero-order valence-corrected chi connectivity index (χ0v) is 23.4. The number of carbonyl (C=O) groups is 2. The van der Waals surface area contributed by atoms with Crippen LogP contribution in [0.1, 0.15) is 62.8 Å². The van der Waals surface area contributed by atoms with E-state index >= 15 is 0 Å². The predicted octanol–water partition coefficient (Wildman–Crippen LogP) is 5.89. The molecular weight excluding hydrogens is 521 g/mol. The maximum absolute atomic E-state index is 13.3. The molecule has 0 bridgehead atoms. The molecular formula is C27H33Cl2NO5S. The van der Waals surface area contributed by atoms with Crippen LogP contribution in [0.25, 0.3) is 0 Å². The summed E-state index contributed by atoms with van der Waals surface area (Å²) in [5.74, 6) is -2.00. The molecule has 1 aliphatic rings. The van der Waals surface area contributed by atoms with Gasteiger partial charge in [-0.1, -0.05) is 75.2 Å². The van der Waals surface area contributed by atoms with Crippen molar-refractivity contribution in [2.24, 2.45) is 16.7 Å². The Balaban J connectivity index is 2.10. The molecule has 2 aromatic rings. The third kappa shape index (κ3) is 5.90. The van der Waals surface area contributed by atoms with E-state index in [2.05, 4.69) is 5.32 Å². The molecule has 0 aromatic heterocycles. The molecule has 0 radical (unpaired) electrons. The van der Waals surface area contributed by atoms with Crippen molar-refractivity contribution in [1.29, 1.82) is 0 Å². The van der Waals surface area contributed by atoms with Gasteiger partial charge in [0.1, 0.15) is 0 Å². The molecule has 36 heavy (non-hydrogen) atoms. The number of carboxylic acids is 1. The third-order valence-electron chi connectivity index (χ3n) is 7.76. The molecule has 1 amide bonds. The summed E-state index contributed by atoms with van der Waals surface area (Å²) in [6.45, 7) is 7.39. The number of carboxylic acid groups (broad SMARTS) is 1. The Morgan fingerprint density at radius 3 is 2.31 bits per heavy atom. The minimum atomic E-state index is -3.57. The van der Waals surface area contributed by atoms with E-state index in [1.807, 2.05) is 39.0 Å². The van der Waals surface area contributed by atoms with Gasteiger partial charge in [-0.3, -0.25) is 9.59 Å². The number of amides is 1. The molecule has 2 aromatic carbocycles. The summed E-state index contributed by atoms with van der Waals surface area (Å²) in [5.41, 5.74) is -0.451.